The number of hydrogen-bond acceptors (Lipinski definition) is 2. The summed E-state index contributed by atoms with van der Waals surface area (Å²) in [4.78, 5) is 10.3. The van der Waals surface area contributed by atoms with Crippen LogP contribution in [0.25, 0.3) is 11.1 Å². The van der Waals surface area contributed by atoms with Gasteiger partial charge in [-0.3, -0.25) is 10.1 Å². The smallest absolute Gasteiger partial charge is 0.258 e. The lowest BCUT2D eigenvalue weighted by atomic mass is 10.0. The number of halogens is 4. The van der Waals surface area contributed by atoms with Crippen LogP contribution in [0.15, 0.2) is 30.3 Å². The van der Waals surface area contributed by atoms with Crippen LogP contribution in [0.2, 0.25) is 15.1 Å². The fourth-order valence-corrected chi connectivity index (χ4v) is 2.37. The number of hydrogen-bond donors (Lipinski definition) is 0. The summed E-state index contributed by atoms with van der Waals surface area (Å²) in [5.74, 6) is -0.769. The molecule has 0 bridgehead atoms. The summed E-state index contributed by atoms with van der Waals surface area (Å²) in [5, 5.41) is 11.3. The number of nitro groups is 1. The van der Waals surface area contributed by atoms with Gasteiger partial charge in [-0.15, -0.1) is 0 Å². The van der Waals surface area contributed by atoms with E-state index in [1.807, 2.05) is 0 Å². The van der Waals surface area contributed by atoms with Gasteiger partial charge in [0.2, 0.25) is 0 Å². The van der Waals surface area contributed by atoms with E-state index in [-0.39, 0.29) is 26.2 Å². The average molecular weight is 321 g/mol. The van der Waals surface area contributed by atoms with Crippen LogP contribution < -0.4 is 0 Å². The molecule has 0 heterocycles. The van der Waals surface area contributed by atoms with Crippen molar-refractivity contribution in [3.63, 3.8) is 0 Å². The lowest BCUT2D eigenvalue weighted by molar-refractivity contribution is -0.384. The monoisotopic (exact) mass is 319 g/mol. The van der Waals surface area contributed by atoms with Crippen molar-refractivity contribution >= 4 is 40.5 Å². The molecule has 0 amide bonds. The first-order valence-electron chi connectivity index (χ1n) is 4.99. The zero-order chi connectivity index (χ0) is 14.2. The van der Waals surface area contributed by atoms with E-state index in [0.29, 0.717) is 0 Å². The molecule has 7 heteroatoms. The molecule has 2 aromatic carbocycles. The topological polar surface area (TPSA) is 43.1 Å². The Balaban J connectivity index is 2.82. The molecule has 0 aliphatic rings. The van der Waals surface area contributed by atoms with E-state index in [1.54, 1.807) is 0 Å². The fraction of sp³-hybridized carbons (Fsp3) is 0. The minimum absolute atomic E-state index is 0.0132. The van der Waals surface area contributed by atoms with Gasteiger partial charge >= 0.3 is 0 Å². The predicted molar refractivity (Wildman–Crippen MR) is 73.5 cm³/mol. The molecular weight excluding hydrogens is 315 g/mol. The second-order valence-corrected chi connectivity index (χ2v) is 4.86. The average Bonchev–Trinajstić information content (AvgIpc) is 2.33. The Labute approximate surface area is 122 Å². The van der Waals surface area contributed by atoms with Gasteiger partial charge in [-0.05, 0) is 18.2 Å². The van der Waals surface area contributed by atoms with Crippen LogP contribution >= 0.6 is 34.8 Å². The molecule has 0 atom stereocenters. The third-order valence-electron chi connectivity index (χ3n) is 2.45. The van der Waals surface area contributed by atoms with Gasteiger partial charge in [0.1, 0.15) is 5.82 Å². The Morgan fingerprint density at radius 3 is 2.47 bits per heavy atom. The Hall–Kier alpha value is -1.36. The maximum absolute atomic E-state index is 13.9. The minimum atomic E-state index is -0.769. The lowest BCUT2D eigenvalue weighted by Gasteiger charge is -2.08. The van der Waals surface area contributed by atoms with Gasteiger partial charge in [0.05, 0.1) is 20.5 Å². The van der Waals surface area contributed by atoms with Crippen molar-refractivity contribution in [2.24, 2.45) is 0 Å². The highest BCUT2D eigenvalue weighted by atomic mass is 35.5. The molecule has 2 aromatic rings. The number of nitro benzene ring substituents is 1. The van der Waals surface area contributed by atoms with E-state index in [9.17, 15) is 14.5 Å². The largest absolute Gasteiger partial charge is 0.280 e. The Kier molecular flexibility index (Phi) is 3.94. The van der Waals surface area contributed by atoms with Crippen molar-refractivity contribution in [2.75, 3.05) is 0 Å². The van der Waals surface area contributed by atoms with Crippen molar-refractivity contribution in [2.45, 2.75) is 0 Å². The molecule has 0 aliphatic carbocycles. The van der Waals surface area contributed by atoms with Gasteiger partial charge < -0.3 is 0 Å². The zero-order valence-corrected chi connectivity index (χ0v) is 11.4. The molecule has 0 N–H and O–H groups in total. The predicted octanol–water partition coefficient (Wildman–Crippen LogP) is 5.36. The van der Waals surface area contributed by atoms with E-state index in [0.717, 1.165) is 6.07 Å². The second kappa shape index (κ2) is 5.33. The van der Waals surface area contributed by atoms with Crippen LogP contribution in [0.1, 0.15) is 0 Å². The highest BCUT2D eigenvalue weighted by Gasteiger charge is 2.22. The lowest BCUT2D eigenvalue weighted by Crippen LogP contribution is -1.95. The number of benzene rings is 2. The highest BCUT2D eigenvalue weighted by molar-refractivity contribution is 6.45. The Bertz CT molecular complexity index is 676. The third kappa shape index (κ3) is 2.66. The summed E-state index contributed by atoms with van der Waals surface area (Å²) in [5.41, 5.74) is -0.550. The maximum atomic E-state index is 13.9. The molecule has 0 unspecified atom stereocenters. The quantitative estimate of drug-likeness (QED) is 0.424. The van der Waals surface area contributed by atoms with Gasteiger partial charge in [-0.1, -0.05) is 40.9 Å². The molecule has 0 fully saturated rings. The number of rotatable bonds is 2. The fourth-order valence-electron chi connectivity index (χ4n) is 1.67. The molecule has 19 heavy (non-hydrogen) atoms. The summed E-state index contributed by atoms with van der Waals surface area (Å²) in [6, 6.07) is 6.25. The van der Waals surface area contributed by atoms with Crippen LogP contribution in [0.3, 0.4) is 0 Å². The molecule has 0 saturated heterocycles. The summed E-state index contributed by atoms with van der Waals surface area (Å²) in [6.45, 7) is 0. The first kappa shape index (κ1) is 14.1. The van der Waals surface area contributed by atoms with Crippen LogP contribution in [-0.2, 0) is 0 Å². The molecule has 98 valence electrons. The molecule has 0 spiro atoms. The number of nitrogens with zero attached hydrogens (tertiary/aromatic N) is 1. The highest BCUT2D eigenvalue weighted by Crippen LogP contribution is 2.41. The van der Waals surface area contributed by atoms with E-state index >= 15 is 0 Å². The zero-order valence-electron chi connectivity index (χ0n) is 9.16. The maximum Gasteiger partial charge on any atom is 0.280 e. The van der Waals surface area contributed by atoms with Gasteiger partial charge in [-0.25, -0.2) is 4.39 Å². The first-order chi connectivity index (χ1) is 8.91. The molecule has 0 radical (unpaired) electrons. The SMILES string of the molecule is O=[N+]([O-])c1cccc(F)c1-c1cc(Cl)cc(Cl)c1Cl. The Morgan fingerprint density at radius 2 is 1.84 bits per heavy atom. The van der Waals surface area contributed by atoms with Crippen molar-refractivity contribution in [1.29, 1.82) is 0 Å². The van der Waals surface area contributed by atoms with Gasteiger partial charge in [0, 0.05) is 16.7 Å². The van der Waals surface area contributed by atoms with Crippen LogP contribution in [0.4, 0.5) is 10.1 Å². The minimum Gasteiger partial charge on any atom is -0.258 e. The summed E-state index contributed by atoms with van der Waals surface area (Å²) in [7, 11) is 0. The molecule has 0 aliphatic heterocycles. The molecule has 2 rings (SSSR count). The third-order valence-corrected chi connectivity index (χ3v) is 3.47. The van der Waals surface area contributed by atoms with Gasteiger partial charge in [0.25, 0.3) is 5.69 Å². The first-order valence-corrected chi connectivity index (χ1v) is 6.13. The van der Waals surface area contributed by atoms with Crippen LogP contribution in [-0.4, -0.2) is 4.92 Å². The van der Waals surface area contributed by atoms with Crippen molar-refractivity contribution < 1.29 is 9.31 Å². The van der Waals surface area contributed by atoms with Crippen molar-refractivity contribution in [3.05, 3.63) is 61.3 Å². The van der Waals surface area contributed by atoms with E-state index in [1.165, 1.54) is 24.3 Å². The molecule has 3 nitrogen and oxygen atoms in total. The molecule has 0 aromatic heterocycles. The molecule has 0 saturated carbocycles. The summed E-state index contributed by atoms with van der Waals surface area (Å²) >= 11 is 17.6. The van der Waals surface area contributed by atoms with E-state index < -0.39 is 16.4 Å². The van der Waals surface area contributed by atoms with Gasteiger partial charge in [-0.2, -0.15) is 0 Å². The van der Waals surface area contributed by atoms with E-state index in [4.69, 9.17) is 34.8 Å². The van der Waals surface area contributed by atoms with Crippen molar-refractivity contribution in [1.82, 2.24) is 0 Å². The van der Waals surface area contributed by atoms with Gasteiger partial charge in [0.15, 0.2) is 0 Å². The summed E-state index contributed by atoms with van der Waals surface area (Å²) in [6.07, 6.45) is 0. The van der Waals surface area contributed by atoms with Crippen LogP contribution in [0, 0.1) is 15.9 Å². The second-order valence-electron chi connectivity index (χ2n) is 3.64. The van der Waals surface area contributed by atoms with E-state index in [2.05, 4.69) is 0 Å². The standard InChI is InChI=1S/C12H5Cl3FNO2/c13-6-4-7(12(15)8(14)5-6)11-9(16)2-1-3-10(11)17(18)19/h1-5H. The summed E-state index contributed by atoms with van der Waals surface area (Å²) < 4.78 is 13.9. The Morgan fingerprint density at radius 1 is 1.16 bits per heavy atom. The van der Waals surface area contributed by atoms with Crippen LogP contribution in [0.5, 0.6) is 0 Å². The molecular formula is C12H5Cl3FNO2. The normalized spacial score (nSPS) is 10.5. The van der Waals surface area contributed by atoms with Crippen molar-refractivity contribution in [3.8, 4) is 11.1 Å².